The smallest absolute Gasteiger partial charge is 0.255 e. The molecule has 21 heavy (non-hydrogen) atoms. The van der Waals surface area contributed by atoms with E-state index in [2.05, 4.69) is 5.32 Å². The number of carbonyl (C=O) groups is 1. The number of benzene rings is 2. The molecule has 0 radical (unpaired) electrons. The molecule has 2 aromatic carbocycles. The number of amides is 1. The van der Waals surface area contributed by atoms with Crippen LogP contribution in [0.15, 0.2) is 30.3 Å². The number of carbonyl (C=O) groups excluding carboxylic acids is 1. The highest BCUT2D eigenvalue weighted by Gasteiger charge is 2.15. The maximum Gasteiger partial charge on any atom is 0.255 e. The fourth-order valence-electron chi connectivity index (χ4n) is 2.04. The van der Waals surface area contributed by atoms with Crippen molar-refractivity contribution in [1.82, 2.24) is 0 Å². The summed E-state index contributed by atoms with van der Waals surface area (Å²) < 4.78 is 27.2. The van der Waals surface area contributed by atoms with E-state index >= 15 is 0 Å². The zero-order valence-corrected chi connectivity index (χ0v) is 11.6. The average molecular weight is 291 g/mol. The molecule has 0 bridgehead atoms. The first-order chi connectivity index (χ1) is 9.93. The van der Waals surface area contributed by atoms with Gasteiger partial charge < -0.3 is 10.7 Å². The molecule has 2 rings (SSSR count). The molecule has 2 aromatic rings. The summed E-state index contributed by atoms with van der Waals surface area (Å²) >= 11 is 0. The number of rotatable bonds is 3. The monoisotopic (exact) mass is 291 g/mol. The first-order valence-corrected chi connectivity index (χ1v) is 6.27. The van der Waals surface area contributed by atoms with Crippen LogP contribution in [0.1, 0.15) is 21.5 Å². The largest absolute Gasteiger partial charge is 0.322 e. The first-order valence-electron chi connectivity index (χ1n) is 6.27. The number of aryl methyl sites for hydroxylation is 2. The summed E-state index contributed by atoms with van der Waals surface area (Å²) in [5, 5.41) is 2.66. The van der Waals surface area contributed by atoms with Crippen molar-refractivity contribution >= 4 is 17.3 Å². The molecule has 0 aliphatic carbocycles. The van der Waals surface area contributed by atoms with Gasteiger partial charge >= 0.3 is 0 Å². The van der Waals surface area contributed by atoms with Crippen molar-refractivity contribution < 1.29 is 13.6 Å². The van der Waals surface area contributed by atoms with Gasteiger partial charge in [-0.05, 0) is 37.1 Å². The fraction of sp³-hybridized carbons (Fsp3) is 0.133. The Hall–Kier alpha value is -2.47. The lowest BCUT2D eigenvalue weighted by atomic mass is 10.1. The number of nitrogens with two attached hydrogens (primary N) is 1. The summed E-state index contributed by atoms with van der Waals surface area (Å²) in [6.45, 7) is 3.68. The summed E-state index contributed by atoms with van der Waals surface area (Å²) in [6, 6.07) is 7.40. The predicted octanol–water partition coefficient (Wildman–Crippen LogP) is 3.12. The molecule has 0 aliphatic rings. The van der Waals surface area contributed by atoms with Crippen LogP contribution >= 0.6 is 0 Å². The molecule has 0 fully saturated rings. The molecule has 0 atom stereocenters. The van der Waals surface area contributed by atoms with Gasteiger partial charge in [0.2, 0.25) is 0 Å². The minimum absolute atomic E-state index is 0.119. The Labute approximate surface area is 120 Å². The molecule has 0 aromatic heterocycles. The third-order valence-electron chi connectivity index (χ3n) is 3.17. The van der Waals surface area contributed by atoms with E-state index in [1.807, 2.05) is 37.5 Å². The van der Waals surface area contributed by atoms with E-state index in [4.69, 9.17) is 5.84 Å². The maximum atomic E-state index is 13.6. The lowest BCUT2D eigenvalue weighted by Crippen LogP contribution is -2.16. The molecule has 0 aliphatic heterocycles. The van der Waals surface area contributed by atoms with Crippen molar-refractivity contribution in [3.05, 3.63) is 58.7 Å². The average Bonchev–Trinajstić information content (AvgIpc) is 2.42. The van der Waals surface area contributed by atoms with Gasteiger partial charge in [0.15, 0.2) is 11.6 Å². The predicted molar refractivity (Wildman–Crippen MR) is 78.0 cm³/mol. The zero-order chi connectivity index (χ0) is 15.6. The summed E-state index contributed by atoms with van der Waals surface area (Å²) in [5.74, 6) is 2.57. The Morgan fingerprint density at radius 3 is 2.05 bits per heavy atom. The second kappa shape index (κ2) is 5.88. The Morgan fingerprint density at radius 2 is 1.57 bits per heavy atom. The highest BCUT2D eigenvalue weighted by atomic mass is 19.1. The van der Waals surface area contributed by atoms with E-state index in [0.29, 0.717) is 5.69 Å². The minimum atomic E-state index is -0.927. The Bertz CT molecular complexity index is 658. The molecule has 0 unspecified atom stereocenters. The topological polar surface area (TPSA) is 67.2 Å². The Morgan fingerprint density at radius 1 is 1.05 bits per heavy atom. The van der Waals surface area contributed by atoms with E-state index in [1.165, 1.54) is 0 Å². The number of para-hydroxylation sites is 1. The van der Waals surface area contributed by atoms with Crippen molar-refractivity contribution in [3.8, 4) is 0 Å². The van der Waals surface area contributed by atoms with Gasteiger partial charge in [-0.15, -0.1) is 0 Å². The Balaban J connectivity index is 2.33. The van der Waals surface area contributed by atoms with Gasteiger partial charge in [0.1, 0.15) is 5.69 Å². The van der Waals surface area contributed by atoms with Gasteiger partial charge in [0.25, 0.3) is 5.91 Å². The van der Waals surface area contributed by atoms with Crippen LogP contribution < -0.4 is 16.6 Å². The number of halogens is 2. The molecule has 4 N–H and O–H groups in total. The molecule has 0 spiro atoms. The van der Waals surface area contributed by atoms with E-state index in [-0.39, 0.29) is 5.56 Å². The van der Waals surface area contributed by atoms with Gasteiger partial charge in [0, 0.05) is 11.3 Å². The molecule has 110 valence electrons. The summed E-state index contributed by atoms with van der Waals surface area (Å²) in [5.41, 5.74) is 3.68. The number of nitrogens with one attached hydrogen (secondary N) is 2. The quantitative estimate of drug-likeness (QED) is 0.601. The molecule has 0 saturated heterocycles. The van der Waals surface area contributed by atoms with Crippen LogP contribution in [-0.2, 0) is 0 Å². The maximum absolute atomic E-state index is 13.6. The summed E-state index contributed by atoms with van der Waals surface area (Å²) in [7, 11) is 0. The normalized spacial score (nSPS) is 10.3. The van der Waals surface area contributed by atoms with Crippen LogP contribution in [-0.4, -0.2) is 5.91 Å². The highest BCUT2D eigenvalue weighted by molar-refractivity contribution is 6.05. The van der Waals surface area contributed by atoms with Crippen LogP contribution in [0.4, 0.5) is 20.2 Å². The van der Waals surface area contributed by atoms with Crippen molar-refractivity contribution in [2.75, 3.05) is 10.7 Å². The van der Waals surface area contributed by atoms with Gasteiger partial charge in [0.05, 0.1) is 0 Å². The van der Waals surface area contributed by atoms with Crippen LogP contribution in [0.25, 0.3) is 0 Å². The molecule has 6 heteroatoms. The number of hydrogen-bond donors (Lipinski definition) is 3. The summed E-state index contributed by atoms with van der Waals surface area (Å²) in [6.07, 6.45) is 0. The second-order valence-corrected chi connectivity index (χ2v) is 4.68. The SMILES string of the molecule is Cc1cccc(C)c1NC(=O)c1cc(F)c(NN)c(F)c1. The van der Waals surface area contributed by atoms with Crippen molar-refractivity contribution in [1.29, 1.82) is 0 Å². The Kier molecular flexibility index (Phi) is 4.18. The zero-order valence-electron chi connectivity index (χ0n) is 11.6. The first kappa shape index (κ1) is 14.9. The lowest BCUT2D eigenvalue weighted by Gasteiger charge is -2.12. The van der Waals surface area contributed by atoms with Gasteiger partial charge in [-0.2, -0.15) is 0 Å². The third-order valence-corrected chi connectivity index (χ3v) is 3.17. The van der Waals surface area contributed by atoms with Crippen molar-refractivity contribution in [3.63, 3.8) is 0 Å². The molecule has 0 heterocycles. The van der Waals surface area contributed by atoms with Crippen LogP contribution in [0.2, 0.25) is 0 Å². The number of nitrogen functional groups attached to an aromatic ring is 1. The van der Waals surface area contributed by atoms with E-state index in [1.54, 1.807) is 0 Å². The third kappa shape index (κ3) is 3.00. The van der Waals surface area contributed by atoms with Gasteiger partial charge in [-0.25, -0.2) is 8.78 Å². The van der Waals surface area contributed by atoms with E-state index < -0.39 is 23.2 Å². The molecule has 1 amide bonds. The lowest BCUT2D eigenvalue weighted by molar-refractivity contribution is 0.102. The van der Waals surface area contributed by atoms with Crippen LogP contribution in [0.5, 0.6) is 0 Å². The van der Waals surface area contributed by atoms with Crippen molar-refractivity contribution in [2.45, 2.75) is 13.8 Å². The van der Waals surface area contributed by atoms with Crippen molar-refractivity contribution in [2.24, 2.45) is 5.84 Å². The molecule has 0 saturated carbocycles. The van der Waals surface area contributed by atoms with Gasteiger partial charge in [-0.1, -0.05) is 18.2 Å². The van der Waals surface area contributed by atoms with Crippen LogP contribution in [0, 0.1) is 25.5 Å². The fourth-order valence-corrected chi connectivity index (χ4v) is 2.04. The summed E-state index contributed by atoms with van der Waals surface area (Å²) in [4.78, 5) is 12.1. The second-order valence-electron chi connectivity index (χ2n) is 4.68. The highest BCUT2D eigenvalue weighted by Crippen LogP contribution is 2.23. The number of hydrazine groups is 1. The van der Waals surface area contributed by atoms with E-state index in [0.717, 1.165) is 23.3 Å². The number of hydrogen-bond acceptors (Lipinski definition) is 3. The standard InChI is InChI=1S/C15H15F2N3O/c1-8-4-3-5-9(2)13(8)19-15(21)10-6-11(16)14(20-18)12(17)7-10/h3-7,20H,18H2,1-2H3,(H,19,21). The number of anilines is 2. The van der Waals surface area contributed by atoms with Gasteiger partial charge in [-0.3, -0.25) is 10.6 Å². The molecular formula is C15H15F2N3O. The minimum Gasteiger partial charge on any atom is -0.322 e. The van der Waals surface area contributed by atoms with Crippen LogP contribution in [0.3, 0.4) is 0 Å². The molecule has 4 nitrogen and oxygen atoms in total. The van der Waals surface area contributed by atoms with E-state index in [9.17, 15) is 13.6 Å². The molecular weight excluding hydrogens is 276 g/mol.